The highest BCUT2D eigenvalue weighted by atomic mass is 79.9. The van der Waals surface area contributed by atoms with Gasteiger partial charge in [0.15, 0.2) is 0 Å². The summed E-state index contributed by atoms with van der Waals surface area (Å²) in [6.07, 6.45) is 1.64. The Morgan fingerprint density at radius 1 is 1.19 bits per heavy atom. The third-order valence-electron chi connectivity index (χ3n) is 4.24. The normalized spacial score (nSPS) is 10.8. The van der Waals surface area contributed by atoms with Crippen molar-refractivity contribution >= 4 is 32.9 Å². The zero-order valence-electron chi connectivity index (χ0n) is 14.8. The molecule has 1 aromatic heterocycles. The lowest BCUT2D eigenvalue weighted by atomic mass is 10.2. The minimum Gasteiger partial charge on any atom is -0.352 e. The maximum Gasteiger partial charge on any atom is 0.246 e. The number of carbonyl (C=O) groups is 1. The van der Waals surface area contributed by atoms with Crippen LogP contribution >= 0.6 is 15.9 Å². The van der Waals surface area contributed by atoms with Gasteiger partial charge in [-0.15, -0.1) is 0 Å². The topological polar surface area (TPSA) is 46.9 Å². The smallest absolute Gasteiger partial charge is 0.246 e. The molecule has 0 fully saturated rings. The van der Waals surface area contributed by atoms with E-state index in [0.29, 0.717) is 12.1 Å². The van der Waals surface area contributed by atoms with Crippen molar-refractivity contribution in [2.24, 2.45) is 0 Å². The van der Waals surface area contributed by atoms with Crippen molar-refractivity contribution in [2.45, 2.75) is 26.3 Å². The molecule has 26 heavy (non-hydrogen) atoms. The molecule has 1 heterocycles. The molecule has 1 N–H and O–H groups in total. The number of aryl methyl sites for hydroxylation is 1. The number of imidazole rings is 1. The summed E-state index contributed by atoms with van der Waals surface area (Å²) in [6.45, 7) is 6.77. The Morgan fingerprint density at radius 3 is 2.65 bits per heavy atom. The fourth-order valence-corrected chi connectivity index (χ4v) is 3.13. The summed E-state index contributed by atoms with van der Waals surface area (Å²) in [5.41, 5.74) is 3.91. The number of amides is 1. The Labute approximate surface area is 162 Å². The predicted octanol–water partition coefficient (Wildman–Crippen LogP) is 4.47. The molecule has 0 atom stereocenters. The van der Waals surface area contributed by atoms with Crippen molar-refractivity contribution in [3.05, 3.63) is 76.5 Å². The van der Waals surface area contributed by atoms with E-state index in [9.17, 15) is 4.79 Å². The van der Waals surface area contributed by atoms with Gasteiger partial charge in [0, 0.05) is 29.6 Å². The van der Waals surface area contributed by atoms with Gasteiger partial charge in [0.2, 0.25) is 5.91 Å². The predicted molar refractivity (Wildman–Crippen MR) is 109 cm³/mol. The third-order valence-corrected chi connectivity index (χ3v) is 4.77. The molecular formula is C21H22BrN3O. The number of carbonyl (C=O) groups excluding carboxylic acids is 1. The van der Waals surface area contributed by atoms with E-state index in [1.54, 1.807) is 6.92 Å². The van der Waals surface area contributed by atoms with Crippen LogP contribution in [0.3, 0.4) is 0 Å². The van der Waals surface area contributed by atoms with Crippen LogP contribution in [0.4, 0.5) is 0 Å². The number of benzene rings is 2. The summed E-state index contributed by atoms with van der Waals surface area (Å²) >= 11 is 3.48. The largest absolute Gasteiger partial charge is 0.352 e. The van der Waals surface area contributed by atoms with E-state index < -0.39 is 0 Å². The lowest BCUT2D eigenvalue weighted by molar-refractivity contribution is -0.117. The summed E-state index contributed by atoms with van der Waals surface area (Å²) in [5, 5.41) is 2.88. The number of nitrogens with zero attached hydrogens (tertiary/aromatic N) is 2. The standard InChI is InChI=1S/C21H22BrN3O/c1-15(2)21(26)23-13-5-8-20-24-18-6-3-4-7-19(18)25(20)14-16-9-11-17(22)12-10-16/h3-4,6-7,9-12H,1,5,8,13-14H2,2H3,(H,23,26). The Bertz CT molecular complexity index is 928. The lowest BCUT2D eigenvalue weighted by Crippen LogP contribution is -2.25. The van der Waals surface area contributed by atoms with Gasteiger partial charge in [0.05, 0.1) is 11.0 Å². The van der Waals surface area contributed by atoms with Crippen molar-refractivity contribution < 1.29 is 4.79 Å². The number of halogens is 1. The van der Waals surface area contributed by atoms with Gasteiger partial charge in [0.25, 0.3) is 0 Å². The highest BCUT2D eigenvalue weighted by molar-refractivity contribution is 9.10. The molecule has 0 bridgehead atoms. The van der Waals surface area contributed by atoms with Crippen molar-refractivity contribution in [3.63, 3.8) is 0 Å². The average molecular weight is 412 g/mol. The first kappa shape index (κ1) is 18.4. The number of nitrogens with one attached hydrogen (secondary N) is 1. The molecule has 0 spiro atoms. The van der Waals surface area contributed by atoms with Crippen LogP contribution < -0.4 is 5.32 Å². The van der Waals surface area contributed by atoms with Crippen LogP contribution in [0, 0.1) is 0 Å². The molecule has 134 valence electrons. The van der Waals surface area contributed by atoms with Crippen LogP contribution in [-0.2, 0) is 17.8 Å². The average Bonchev–Trinajstić information content (AvgIpc) is 2.98. The van der Waals surface area contributed by atoms with Gasteiger partial charge in [0.1, 0.15) is 5.82 Å². The van der Waals surface area contributed by atoms with E-state index in [1.807, 2.05) is 18.2 Å². The number of rotatable bonds is 7. The molecule has 0 unspecified atom stereocenters. The molecule has 2 aromatic carbocycles. The zero-order chi connectivity index (χ0) is 18.5. The van der Waals surface area contributed by atoms with Gasteiger partial charge in [-0.05, 0) is 43.2 Å². The number of aromatic nitrogens is 2. The molecule has 0 aliphatic heterocycles. The molecule has 0 saturated heterocycles. The molecule has 3 aromatic rings. The van der Waals surface area contributed by atoms with E-state index in [1.165, 1.54) is 5.56 Å². The number of para-hydroxylation sites is 2. The molecular weight excluding hydrogens is 390 g/mol. The third kappa shape index (κ3) is 4.41. The fraction of sp³-hybridized carbons (Fsp3) is 0.238. The highest BCUT2D eigenvalue weighted by Gasteiger charge is 2.11. The first-order valence-electron chi connectivity index (χ1n) is 8.67. The van der Waals surface area contributed by atoms with E-state index >= 15 is 0 Å². The number of hydrogen-bond acceptors (Lipinski definition) is 2. The lowest BCUT2D eigenvalue weighted by Gasteiger charge is -2.10. The first-order chi connectivity index (χ1) is 12.5. The summed E-state index contributed by atoms with van der Waals surface area (Å²) in [7, 11) is 0. The summed E-state index contributed by atoms with van der Waals surface area (Å²) in [5.74, 6) is 0.951. The van der Waals surface area contributed by atoms with Crippen LogP contribution in [-0.4, -0.2) is 22.0 Å². The van der Waals surface area contributed by atoms with Crippen LogP contribution in [0.2, 0.25) is 0 Å². The minimum atomic E-state index is -0.0895. The Morgan fingerprint density at radius 2 is 1.92 bits per heavy atom. The first-order valence-corrected chi connectivity index (χ1v) is 9.46. The van der Waals surface area contributed by atoms with E-state index in [4.69, 9.17) is 4.98 Å². The van der Waals surface area contributed by atoms with Gasteiger partial charge >= 0.3 is 0 Å². The fourth-order valence-electron chi connectivity index (χ4n) is 2.86. The van der Waals surface area contributed by atoms with Gasteiger partial charge in [-0.3, -0.25) is 4.79 Å². The highest BCUT2D eigenvalue weighted by Crippen LogP contribution is 2.20. The van der Waals surface area contributed by atoms with Crippen LogP contribution in [0.1, 0.15) is 24.7 Å². The Balaban J connectivity index is 1.77. The summed E-state index contributed by atoms with van der Waals surface area (Å²) < 4.78 is 3.34. The second kappa shape index (κ2) is 8.32. The van der Waals surface area contributed by atoms with Gasteiger partial charge in [-0.1, -0.05) is 46.8 Å². The molecule has 5 heteroatoms. The molecule has 0 aliphatic rings. The summed E-state index contributed by atoms with van der Waals surface area (Å²) in [4.78, 5) is 16.4. The zero-order valence-corrected chi connectivity index (χ0v) is 16.4. The molecule has 1 amide bonds. The van der Waals surface area contributed by atoms with Gasteiger partial charge < -0.3 is 9.88 Å². The molecule has 0 saturated carbocycles. The SMILES string of the molecule is C=C(C)C(=O)NCCCc1nc2ccccc2n1Cc1ccc(Br)cc1. The van der Waals surface area contributed by atoms with E-state index in [2.05, 4.69) is 62.7 Å². The maximum atomic E-state index is 11.6. The van der Waals surface area contributed by atoms with Crippen molar-refractivity contribution in [2.75, 3.05) is 6.54 Å². The second-order valence-electron chi connectivity index (χ2n) is 6.37. The van der Waals surface area contributed by atoms with Crippen LogP contribution in [0.5, 0.6) is 0 Å². The van der Waals surface area contributed by atoms with Crippen molar-refractivity contribution in [1.29, 1.82) is 0 Å². The van der Waals surface area contributed by atoms with Gasteiger partial charge in [-0.2, -0.15) is 0 Å². The molecule has 4 nitrogen and oxygen atoms in total. The second-order valence-corrected chi connectivity index (χ2v) is 7.28. The molecule has 3 rings (SSSR count). The number of fused-ring (bicyclic) bond motifs is 1. The van der Waals surface area contributed by atoms with E-state index in [0.717, 1.165) is 40.7 Å². The Kier molecular flexibility index (Phi) is 5.89. The van der Waals surface area contributed by atoms with Gasteiger partial charge in [-0.25, -0.2) is 4.98 Å². The van der Waals surface area contributed by atoms with Crippen LogP contribution in [0.25, 0.3) is 11.0 Å². The maximum absolute atomic E-state index is 11.6. The Hall–Kier alpha value is -2.40. The van der Waals surface area contributed by atoms with Crippen molar-refractivity contribution in [3.8, 4) is 0 Å². The van der Waals surface area contributed by atoms with Crippen LogP contribution in [0.15, 0.2) is 65.2 Å². The minimum absolute atomic E-state index is 0.0895. The molecule has 0 radical (unpaired) electrons. The van der Waals surface area contributed by atoms with Crippen molar-refractivity contribution in [1.82, 2.24) is 14.9 Å². The van der Waals surface area contributed by atoms with E-state index in [-0.39, 0.29) is 5.91 Å². The number of hydrogen-bond donors (Lipinski definition) is 1. The molecule has 0 aliphatic carbocycles. The summed E-state index contributed by atoms with van der Waals surface area (Å²) in [6, 6.07) is 16.6. The monoisotopic (exact) mass is 411 g/mol. The quantitative estimate of drug-likeness (QED) is 0.460.